The van der Waals surface area contributed by atoms with Crippen LogP contribution in [0.3, 0.4) is 0 Å². The van der Waals surface area contributed by atoms with Gasteiger partial charge in [0.2, 0.25) is 0 Å². The number of rotatable bonds is 6. The molecule has 0 N–H and O–H groups in total. The molecule has 0 unspecified atom stereocenters. The molecule has 0 fully saturated rings. The molecule has 10 rings (SSSR count). The number of hydrogen-bond donors (Lipinski definition) is 0. The van der Waals surface area contributed by atoms with Crippen LogP contribution < -0.4 is 0 Å². The van der Waals surface area contributed by atoms with Gasteiger partial charge in [-0.05, 0) is 44.0 Å². The Bertz CT molecular complexity index is 3060. The zero-order valence-corrected chi connectivity index (χ0v) is 32.1. The Morgan fingerprint density at radius 3 is 1.37 bits per heavy atom. The highest BCUT2D eigenvalue weighted by atomic mass is 16.3. The Morgan fingerprint density at radius 2 is 0.754 bits per heavy atom. The second-order valence-electron chi connectivity index (χ2n) is 15.6. The largest absolute Gasteiger partial charge is 0.455 e. The van der Waals surface area contributed by atoms with Gasteiger partial charge in [0.15, 0.2) is 17.5 Å². The van der Waals surface area contributed by atoms with Crippen LogP contribution >= 0.6 is 0 Å². The number of fused-ring (bicyclic) bond motifs is 4. The molecule has 10 aromatic rings. The molecule has 0 saturated carbocycles. The Labute approximate surface area is 332 Å². The van der Waals surface area contributed by atoms with Crippen molar-refractivity contribution in [1.82, 2.24) is 15.0 Å². The van der Waals surface area contributed by atoms with Gasteiger partial charge in [-0.3, -0.25) is 0 Å². The fourth-order valence-electron chi connectivity index (χ4n) is 7.92. The van der Waals surface area contributed by atoms with Gasteiger partial charge >= 0.3 is 0 Å². The summed E-state index contributed by atoms with van der Waals surface area (Å²) in [5.74, 6) is 1.91. The van der Waals surface area contributed by atoms with Gasteiger partial charge in [-0.2, -0.15) is 0 Å². The van der Waals surface area contributed by atoms with E-state index in [0.29, 0.717) is 17.5 Å². The van der Waals surface area contributed by atoms with Crippen molar-refractivity contribution in [3.8, 4) is 67.5 Å². The molecule has 0 amide bonds. The third-order valence-corrected chi connectivity index (χ3v) is 10.9. The van der Waals surface area contributed by atoms with Crippen LogP contribution in [0.25, 0.3) is 100 Å². The van der Waals surface area contributed by atoms with Crippen LogP contribution in [0.2, 0.25) is 0 Å². The van der Waals surface area contributed by atoms with Crippen molar-refractivity contribution in [2.45, 2.75) is 26.2 Å². The van der Waals surface area contributed by atoms with E-state index in [2.05, 4.69) is 172 Å². The molecular weight excluding hydrogens is 695 g/mol. The first-order chi connectivity index (χ1) is 27.9. The van der Waals surface area contributed by atoms with Gasteiger partial charge in [0.1, 0.15) is 11.2 Å². The number of aromatic nitrogens is 3. The molecule has 8 aromatic carbocycles. The third-order valence-electron chi connectivity index (χ3n) is 10.9. The lowest BCUT2D eigenvalue weighted by atomic mass is 9.86. The van der Waals surface area contributed by atoms with Crippen LogP contribution in [0.1, 0.15) is 26.3 Å². The maximum atomic E-state index is 6.66. The quantitative estimate of drug-likeness (QED) is 0.171. The van der Waals surface area contributed by atoms with E-state index in [0.717, 1.165) is 66.4 Å². The van der Waals surface area contributed by atoms with Crippen molar-refractivity contribution >= 4 is 32.7 Å². The van der Waals surface area contributed by atoms with Crippen LogP contribution in [-0.4, -0.2) is 15.0 Å². The first-order valence-corrected chi connectivity index (χ1v) is 19.4. The molecule has 272 valence electrons. The minimum Gasteiger partial charge on any atom is -0.455 e. The lowest BCUT2D eigenvalue weighted by molar-refractivity contribution is 0.573. The Kier molecular flexibility index (Phi) is 8.34. The van der Waals surface area contributed by atoms with E-state index in [-0.39, 0.29) is 5.41 Å². The minimum atomic E-state index is -0.0216. The summed E-state index contributed by atoms with van der Waals surface area (Å²) in [6.07, 6.45) is 0. The molecule has 2 aromatic heterocycles. The topological polar surface area (TPSA) is 51.8 Å². The van der Waals surface area contributed by atoms with E-state index >= 15 is 0 Å². The normalized spacial score (nSPS) is 11.8. The molecule has 0 aliphatic rings. The summed E-state index contributed by atoms with van der Waals surface area (Å²) in [6.45, 7) is 6.70. The Morgan fingerprint density at radius 1 is 0.333 bits per heavy atom. The van der Waals surface area contributed by atoms with E-state index in [1.807, 2.05) is 30.3 Å². The SMILES string of the molecule is CC(C)(C)c1cccc2c1oc1c(-c3ccc(-c4ccc(-c5nc(-c6ccccc6)nc(-c6ccc(-c7cccc8ccccc78)cc6)n5)cc4)cc3)cccc12. The van der Waals surface area contributed by atoms with Gasteiger partial charge in [-0.25, -0.2) is 15.0 Å². The standard InChI is InChI=1S/C53H39N3O/c1-53(2,3)47-21-11-20-46-45-19-10-18-44(48(45)57-49(46)47)38-26-22-34(23-27-38)35-24-30-40(31-25-35)51-54-50(39-13-5-4-6-14-39)55-52(56-51)41-32-28-37(29-33-41)43-17-9-15-36-12-7-8-16-42(36)43/h4-33H,1-3H3. The smallest absolute Gasteiger partial charge is 0.164 e. The van der Waals surface area contributed by atoms with E-state index in [9.17, 15) is 0 Å². The number of nitrogens with zero attached hydrogens (tertiary/aromatic N) is 3. The minimum absolute atomic E-state index is 0.0216. The van der Waals surface area contributed by atoms with Crippen molar-refractivity contribution in [2.75, 3.05) is 0 Å². The van der Waals surface area contributed by atoms with Crippen LogP contribution in [0, 0.1) is 0 Å². The molecule has 4 heteroatoms. The summed E-state index contributed by atoms with van der Waals surface area (Å²) >= 11 is 0. The summed E-state index contributed by atoms with van der Waals surface area (Å²) in [7, 11) is 0. The molecule has 0 spiro atoms. The first kappa shape index (κ1) is 34.3. The zero-order chi connectivity index (χ0) is 38.5. The van der Waals surface area contributed by atoms with Crippen molar-refractivity contribution < 1.29 is 4.42 Å². The van der Waals surface area contributed by atoms with Crippen molar-refractivity contribution in [3.63, 3.8) is 0 Å². The molecule has 0 atom stereocenters. The van der Waals surface area contributed by atoms with Crippen molar-refractivity contribution in [3.05, 3.63) is 188 Å². The highest BCUT2D eigenvalue weighted by Crippen LogP contribution is 2.40. The Balaban J connectivity index is 0.966. The Hall–Kier alpha value is -7.17. The summed E-state index contributed by atoms with van der Waals surface area (Å²) in [4.78, 5) is 15.0. The van der Waals surface area contributed by atoms with Crippen LogP contribution in [0.5, 0.6) is 0 Å². The van der Waals surface area contributed by atoms with Crippen LogP contribution in [0.4, 0.5) is 0 Å². The van der Waals surface area contributed by atoms with E-state index < -0.39 is 0 Å². The number of para-hydroxylation sites is 2. The second kappa shape index (κ2) is 13.8. The molecule has 4 nitrogen and oxygen atoms in total. The average Bonchev–Trinajstić information content (AvgIpc) is 3.65. The predicted octanol–water partition coefficient (Wildman–Crippen LogP) is 14.2. The summed E-state index contributed by atoms with van der Waals surface area (Å²) in [5.41, 5.74) is 12.7. The molecule has 0 bridgehead atoms. The second-order valence-corrected chi connectivity index (χ2v) is 15.6. The van der Waals surface area contributed by atoms with E-state index in [1.54, 1.807) is 0 Å². The number of furan rings is 1. The van der Waals surface area contributed by atoms with Gasteiger partial charge in [0.05, 0.1) is 0 Å². The fraction of sp³-hybridized carbons (Fsp3) is 0.0755. The zero-order valence-electron chi connectivity index (χ0n) is 32.1. The lowest BCUT2D eigenvalue weighted by Crippen LogP contribution is -2.10. The first-order valence-electron chi connectivity index (χ1n) is 19.4. The van der Waals surface area contributed by atoms with Crippen molar-refractivity contribution in [2.24, 2.45) is 0 Å². The molecule has 0 saturated heterocycles. The molecule has 0 aliphatic heterocycles. The summed E-state index contributed by atoms with van der Waals surface area (Å²) in [5, 5.41) is 4.76. The average molecular weight is 734 g/mol. The van der Waals surface area contributed by atoms with Crippen LogP contribution in [-0.2, 0) is 5.41 Å². The maximum absolute atomic E-state index is 6.66. The molecular formula is C53H39N3O. The molecule has 2 heterocycles. The molecule has 57 heavy (non-hydrogen) atoms. The van der Waals surface area contributed by atoms with E-state index in [4.69, 9.17) is 19.4 Å². The van der Waals surface area contributed by atoms with Gasteiger partial charge in [-0.1, -0.05) is 203 Å². The predicted molar refractivity (Wildman–Crippen MR) is 236 cm³/mol. The number of hydrogen-bond acceptors (Lipinski definition) is 4. The van der Waals surface area contributed by atoms with Crippen LogP contribution in [0.15, 0.2) is 186 Å². The third kappa shape index (κ3) is 6.35. The fourth-order valence-corrected chi connectivity index (χ4v) is 7.92. The molecule has 0 aliphatic carbocycles. The van der Waals surface area contributed by atoms with Gasteiger partial charge in [0.25, 0.3) is 0 Å². The van der Waals surface area contributed by atoms with E-state index in [1.165, 1.54) is 21.9 Å². The summed E-state index contributed by atoms with van der Waals surface area (Å²) in [6, 6.07) is 63.7. The maximum Gasteiger partial charge on any atom is 0.164 e. The number of benzene rings is 8. The molecule has 0 radical (unpaired) electrons. The monoisotopic (exact) mass is 733 g/mol. The van der Waals surface area contributed by atoms with Gasteiger partial charge in [0, 0.05) is 38.6 Å². The van der Waals surface area contributed by atoms with Gasteiger partial charge in [-0.15, -0.1) is 0 Å². The highest BCUT2D eigenvalue weighted by molar-refractivity contribution is 6.10. The van der Waals surface area contributed by atoms with Gasteiger partial charge < -0.3 is 4.42 Å². The highest BCUT2D eigenvalue weighted by Gasteiger charge is 2.22. The summed E-state index contributed by atoms with van der Waals surface area (Å²) < 4.78 is 6.66. The lowest BCUT2D eigenvalue weighted by Gasteiger charge is -2.18. The van der Waals surface area contributed by atoms with Crippen molar-refractivity contribution in [1.29, 1.82) is 0 Å².